The molecular weight excluding hydrogens is 316 g/mol. The van der Waals surface area contributed by atoms with E-state index in [9.17, 15) is 9.59 Å². The summed E-state index contributed by atoms with van der Waals surface area (Å²) in [6.07, 6.45) is 0. The standard InChI is InChI=1S/C17H17ClN2O3/c1-11-6-7-15(8-12(11)2)23-10-16(21)19-20-17(22)13-4-3-5-14(18)9-13/h3-9H,10H2,1-2H3,(H,19,21)(H,20,22). The maximum atomic E-state index is 11.8. The van der Waals surface area contributed by atoms with Crippen LogP contribution in [0.15, 0.2) is 42.5 Å². The highest BCUT2D eigenvalue weighted by molar-refractivity contribution is 6.30. The minimum atomic E-state index is -0.460. The molecule has 5 nitrogen and oxygen atoms in total. The Bertz CT molecular complexity index is 732. The molecule has 2 amide bonds. The van der Waals surface area contributed by atoms with Crippen molar-refractivity contribution in [2.45, 2.75) is 13.8 Å². The summed E-state index contributed by atoms with van der Waals surface area (Å²) in [4.78, 5) is 23.5. The summed E-state index contributed by atoms with van der Waals surface area (Å²) in [5, 5.41) is 0.446. The van der Waals surface area contributed by atoms with Gasteiger partial charge in [0.05, 0.1) is 0 Å². The zero-order chi connectivity index (χ0) is 16.8. The third-order valence-electron chi connectivity index (χ3n) is 3.25. The first-order valence-corrected chi connectivity index (χ1v) is 7.38. The topological polar surface area (TPSA) is 67.4 Å². The molecule has 0 heterocycles. The van der Waals surface area contributed by atoms with Gasteiger partial charge >= 0.3 is 0 Å². The quantitative estimate of drug-likeness (QED) is 0.846. The van der Waals surface area contributed by atoms with Crippen LogP contribution in [0.25, 0.3) is 0 Å². The highest BCUT2D eigenvalue weighted by Gasteiger charge is 2.08. The van der Waals surface area contributed by atoms with Crippen LogP contribution in [0.4, 0.5) is 0 Å². The Morgan fingerprint density at radius 3 is 2.52 bits per heavy atom. The monoisotopic (exact) mass is 332 g/mol. The summed E-state index contributed by atoms with van der Waals surface area (Å²) in [5.74, 6) is -0.310. The van der Waals surface area contributed by atoms with E-state index in [1.807, 2.05) is 26.0 Å². The van der Waals surface area contributed by atoms with Crippen LogP contribution in [0.3, 0.4) is 0 Å². The van der Waals surface area contributed by atoms with Crippen LogP contribution in [0, 0.1) is 13.8 Å². The van der Waals surface area contributed by atoms with Crippen molar-refractivity contribution in [3.8, 4) is 5.75 Å². The van der Waals surface area contributed by atoms with Crippen molar-refractivity contribution >= 4 is 23.4 Å². The molecule has 0 fully saturated rings. The Hall–Kier alpha value is -2.53. The molecule has 0 saturated heterocycles. The Morgan fingerprint density at radius 2 is 1.83 bits per heavy atom. The average molecular weight is 333 g/mol. The Balaban J connectivity index is 1.81. The van der Waals surface area contributed by atoms with Gasteiger partial charge in [-0.3, -0.25) is 20.4 Å². The molecule has 0 radical (unpaired) electrons. The van der Waals surface area contributed by atoms with E-state index in [-0.39, 0.29) is 6.61 Å². The van der Waals surface area contributed by atoms with Crippen molar-refractivity contribution in [1.29, 1.82) is 0 Å². The van der Waals surface area contributed by atoms with Crippen LogP contribution in [0.5, 0.6) is 5.75 Å². The molecule has 23 heavy (non-hydrogen) atoms. The normalized spacial score (nSPS) is 10.0. The SMILES string of the molecule is Cc1ccc(OCC(=O)NNC(=O)c2cccc(Cl)c2)cc1C. The molecule has 0 spiro atoms. The van der Waals surface area contributed by atoms with Gasteiger partial charge < -0.3 is 4.74 Å². The molecule has 0 aliphatic carbocycles. The van der Waals surface area contributed by atoms with Crippen LogP contribution in [-0.2, 0) is 4.79 Å². The van der Waals surface area contributed by atoms with Crippen LogP contribution in [-0.4, -0.2) is 18.4 Å². The molecule has 2 rings (SSSR count). The minimum absolute atomic E-state index is 0.196. The van der Waals surface area contributed by atoms with E-state index in [0.717, 1.165) is 11.1 Å². The number of ether oxygens (including phenoxy) is 1. The molecule has 6 heteroatoms. The first kappa shape index (κ1) is 16.8. The first-order chi connectivity index (χ1) is 11.0. The predicted molar refractivity (Wildman–Crippen MR) is 88.5 cm³/mol. The number of aryl methyl sites for hydroxylation is 2. The van der Waals surface area contributed by atoms with Gasteiger partial charge in [0.25, 0.3) is 11.8 Å². The number of nitrogens with one attached hydrogen (secondary N) is 2. The molecule has 2 N–H and O–H groups in total. The molecule has 0 atom stereocenters. The fourth-order valence-electron chi connectivity index (χ4n) is 1.82. The van der Waals surface area contributed by atoms with Gasteiger partial charge in [-0.05, 0) is 55.3 Å². The van der Waals surface area contributed by atoms with Crippen molar-refractivity contribution in [3.63, 3.8) is 0 Å². The molecule has 0 aromatic heterocycles. The number of rotatable bonds is 4. The molecule has 2 aromatic carbocycles. The maximum Gasteiger partial charge on any atom is 0.276 e. The lowest BCUT2D eigenvalue weighted by atomic mass is 10.1. The molecule has 0 bridgehead atoms. The number of carbonyl (C=O) groups is 2. The maximum absolute atomic E-state index is 11.8. The van der Waals surface area contributed by atoms with Gasteiger partial charge in [-0.25, -0.2) is 0 Å². The van der Waals surface area contributed by atoms with Gasteiger partial charge in [0.15, 0.2) is 6.61 Å². The number of halogens is 1. The van der Waals surface area contributed by atoms with Crippen molar-refractivity contribution in [2.75, 3.05) is 6.61 Å². The number of benzene rings is 2. The van der Waals surface area contributed by atoms with Gasteiger partial charge in [-0.1, -0.05) is 23.7 Å². The van der Waals surface area contributed by atoms with Gasteiger partial charge in [-0.2, -0.15) is 0 Å². The number of hydrazine groups is 1. The highest BCUT2D eigenvalue weighted by Crippen LogP contribution is 2.16. The Morgan fingerprint density at radius 1 is 1.04 bits per heavy atom. The fraction of sp³-hybridized carbons (Fsp3) is 0.176. The molecular formula is C17H17ClN2O3. The van der Waals surface area contributed by atoms with Crippen LogP contribution >= 0.6 is 11.6 Å². The first-order valence-electron chi connectivity index (χ1n) is 7.00. The lowest BCUT2D eigenvalue weighted by molar-refractivity contribution is -0.123. The zero-order valence-corrected chi connectivity index (χ0v) is 13.6. The van der Waals surface area contributed by atoms with E-state index >= 15 is 0 Å². The van der Waals surface area contributed by atoms with Gasteiger partial charge in [0, 0.05) is 10.6 Å². The van der Waals surface area contributed by atoms with Crippen molar-refractivity contribution in [3.05, 3.63) is 64.2 Å². The van der Waals surface area contributed by atoms with E-state index in [1.165, 1.54) is 6.07 Å². The number of carbonyl (C=O) groups excluding carboxylic acids is 2. The van der Waals surface area contributed by atoms with E-state index < -0.39 is 11.8 Å². The smallest absolute Gasteiger partial charge is 0.276 e. The molecule has 0 unspecified atom stereocenters. The predicted octanol–water partition coefficient (Wildman–Crippen LogP) is 2.80. The van der Waals surface area contributed by atoms with E-state index in [0.29, 0.717) is 16.3 Å². The minimum Gasteiger partial charge on any atom is -0.484 e. The number of hydrogen-bond acceptors (Lipinski definition) is 3. The lowest BCUT2D eigenvalue weighted by Crippen LogP contribution is -2.43. The summed E-state index contributed by atoms with van der Waals surface area (Å²) in [6.45, 7) is 3.77. The number of hydrogen-bond donors (Lipinski definition) is 2. The average Bonchev–Trinajstić information content (AvgIpc) is 2.53. The molecule has 0 aliphatic heterocycles. The summed E-state index contributed by atoms with van der Waals surface area (Å²) in [7, 11) is 0. The lowest BCUT2D eigenvalue weighted by Gasteiger charge is -2.10. The Labute approximate surface area is 139 Å². The van der Waals surface area contributed by atoms with E-state index in [2.05, 4.69) is 10.9 Å². The summed E-state index contributed by atoms with van der Waals surface area (Å²) in [6, 6.07) is 12.0. The van der Waals surface area contributed by atoms with Gasteiger partial charge in [0.1, 0.15) is 5.75 Å². The molecule has 120 valence electrons. The number of amides is 2. The van der Waals surface area contributed by atoms with Crippen LogP contribution in [0.1, 0.15) is 21.5 Å². The largest absolute Gasteiger partial charge is 0.484 e. The Kier molecular flexibility index (Phi) is 5.60. The van der Waals surface area contributed by atoms with Crippen LogP contribution in [0.2, 0.25) is 5.02 Å². The summed E-state index contributed by atoms with van der Waals surface area (Å²) in [5.41, 5.74) is 7.18. The highest BCUT2D eigenvalue weighted by atomic mass is 35.5. The molecule has 0 aliphatic rings. The summed E-state index contributed by atoms with van der Waals surface area (Å²) >= 11 is 5.81. The second kappa shape index (κ2) is 7.65. The van der Waals surface area contributed by atoms with E-state index in [1.54, 1.807) is 24.3 Å². The van der Waals surface area contributed by atoms with Crippen molar-refractivity contribution in [2.24, 2.45) is 0 Å². The van der Waals surface area contributed by atoms with Crippen molar-refractivity contribution < 1.29 is 14.3 Å². The summed E-state index contributed by atoms with van der Waals surface area (Å²) < 4.78 is 5.38. The fourth-order valence-corrected chi connectivity index (χ4v) is 2.01. The third kappa shape index (κ3) is 5.00. The second-order valence-electron chi connectivity index (χ2n) is 5.05. The van der Waals surface area contributed by atoms with E-state index in [4.69, 9.17) is 16.3 Å². The van der Waals surface area contributed by atoms with Crippen LogP contribution < -0.4 is 15.6 Å². The molecule has 2 aromatic rings. The zero-order valence-electron chi connectivity index (χ0n) is 12.9. The van der Waals surface area contributed by atoms with Gasteiger partial charge in [-0.15, -0.1) is 0 Å². The second-order valence-corrected chi connectivity index (χ2v) is 5.48. The van der Waals surface area contributed by atoms with Crippen molar-refractivity contribution in [1.82, 2.24) is 10.9 Å². The van der Waals surface area contributed by atoms with Gasteiger partial charge in [0.2, 0.25) is 0 Å². The third-order valence-corrected chi connectivity index (χ3v) is 3.49. The molecule has 0 saturated carbocycles.